The number of methoxy groups -OCH3 is 1. The number of esters is 1. The van der Waals surface area contributed by atoms with Crippen molar-refractivity contribution < 1.29 is 14.3 Å². The first kappa shape index (κ1) is 16.3. The molecule has 2 fully saturated rings. The van der Waals surface area contributed by atoms with Crippen LogP contribution in [-0.4, -0.2) is 57.5 Å². The van der Waals surface area contributed by atoms with Crippen LogP contribution in [-0.2, 0) is 21.4 Å². The summed E-state index contributed by atoms with van der Waals surface area (Å²) < 4.78 is 6.77. The van der Waals surface area contributed by atoms with E-state index >= 15 is 0 Å². The van der Waals surface area contributed by atoms with Gasteiger partial charge < -0.3 is 14.2 Å². The molecule has 126 valence electrons. The zero-order valence-electron chi connectivity index (χ0n) is 13.5. The zero-order chi connectivity index (χ0) is 16.4. The van der Waals surface area contributed by atoms with Gasteiger partial charge in [0.1, 0.15) is 5.82 Å². The number of carbonyl (C=O) groups is 2. The van der Waals surface area contributed by atoms with Gasteiger partial charge in [-0.15, -0.1) is 10.2 Å². The van der Waals surface area contributed by atoms with Gasteiger partial charge in [-0.2, -0.15) is 0 Å². The average Bonchev–Trinajstić information content (AvgIpc) is 3.36. The number of likely N-dealkylation sites (tertiary alicyclic amines) is 1. The number of carbonyl (C=O) groups excluding carboxylic acids is 2. The minimum absolute atomic E-state index is 0.0726. The molecule has 1 amide bonds. The predicted molar refractivity (Wildman–Crippen MR) is 85.0 cm³/mol. The summed E-state index contributed by atoms with van der Waals surface area (Å²) in [6, 6.07) is 0. The van der Waals surface area contributed by atoms with Gasteiger partial charge in [0.25, 0.3) is 0 Å². The average molecular weight is 338 g/mol. The summed E-state index contributed by atoms with van der Waals surface area (Å²) in [7, 11) is 3.37. The van der Waals surface area contributed by atoms with Crippen LogP contribution in [0, 0.1) is 5.92 Å². The van der Waals surface area contributed by atoms with Crippen LogP contribution in [0.4, 0.5) is 0 Å². The monoisotopic (exact) mass is 338 g/mol. The zero-order valence-corrected chi connectivity index (χ0v) is 14.3. The lowest BCUT2D eigenvalue weighted by Gasteiger charge is -2.30. The number of hydrogen-bond donors (Lipinski definition) is 0. The molecule has 23 heavy (non-hydrogen) atoms. The van der Waals surface area contributed by atoms with Crippen molar-refractivity contribution in [3.63, 3.8) is 0 Å². The number of nitrogens with zero attached hydrogens (tertiary/aromatic N) is 4. The largest absolute Gasteiger partial charge is 0.469 e. The highest BCUT2D eigenvalue weighted by Gasteiger charge is 2.30. The smallest absolute Gasteiger partial charge is 0.308 e. The third-order valence-corrected chi connectivity index (χ3v) is 5.52. The second kappa shape index (κ2) is 6.90. The lowest BCUT2D eigenvalue weighted by Crippen LogP contribution is -2.41. The Hall–Kier alpha value is -1.57. The van der Waals surface area contributed by atoms with Crippen LogP contribution >= 0.6 is 11.8 Å². The van der Waals surface area contributed by atoms with Gasteiger partial charge in [0, 0.05) is 26.1 Å². The summed E-state index contributed by atoms with van der Waals surface area (Å²) in [4.78, 5) is 25.6. The standard InChI is InChI=1S/C15H22N4O3S/c1-18-13(10-3-4-10)16-17-15(18)23-9-12(20)19-7-5-11(6-8-19)14(21)22-2/h10-11H,3-9H2,1-2H3. The van der Waals surface area contributed by atoms with E-state index in [-0.39, 0.29) is 17.8 Å². The molecule has 8 heteroatoms. The summed E-state index contributed by atoms with van der Waals surface area (Å²) in [6.45, 7) is 1.23. The van der Waals surface area contributed by atoms with E-state index in [2.05, 4.69) is 10.2 Å². The minimum Gasteiger partial charge on any atom is -0.469 e. The molecule has 1 aliphatic carbocycles. The van der Waals surface area contributed by atoms with Gasteiger partial charge in [0.2, 0.25) is 5.91 Å². The van der Waals surface area contributed by atoms with Crippen molar-refractivity contribution in [3.05, 3.63) is 5.82 Å². The molecule has 1 aromatic rings. The minimum atomic E-state index is -0.168. The molecular weight excluding hydrogens is 316 g/mol. The van der Waals surface area contributed by atoms with Gasteiger partial charge in [0.05, 0.1) is 18.8 Å². The lowest BCUT2D eigenvalue weighted by atomic mass is 9.97. The van der Waals surface area contributed by atoms with Gasteiger partial charge in [-0.05, 0) is 25.7 Å². The van der Waals surface area contributed by atoms with Crippen molar-refractivity contribution in [2.24, 2.45) is 13.0 Å². The Morgan fingerprint density at radius 3 is 2.52 bits per heavy atom. The van der Waals surface area contributed by atoms with Crippen LogP contribution in [0.15, 0.2) is 5.16 Å². The van der Waals surface area contributed by atoms with Crippen molar-refractivity contribution >= 4 is 23.6 Å². The van der Waals surface area contributed by atoms with Gasteiger partial charge >= 0.3 is 5.97 Å². The molecule has 2 heterocycles. The van der Waals surface area contributed by atoms with E-state index in [0.29, 0.717) is 37.6 Å². The van der Waals surface area contributed by atoms with Crippen LogP contribution < -0.4 is 0 Å². The second-order valence-electron chi connectivity index (χ2n) is 6.14. The summed E-state index contributed by atoms with van der Waals surface area (Å²) in [5.74, 6) is 1.79. The van der Waals surface area contributed by atoms with Crippen LogP contribution in [0.3, 0.4) is 0 Å². The molecule has 3 rings (SSSR count). The fourth-order valence-corrected chi connectivity index (χ4v) is 3.72. The Kier molecular flexibility index (Phi) is 4.89. The highest BCUT2D eigenvalue weighted by molar-refractivity contribution is 7.99. The van der Waals surface area contributed by atoms with E-state index in [0.717, 1.165) is 11.0 Å². The van der Waals surface area contributed by atoms with Crippen LogP contribution in [0.5, 0.6) is 0 Å². The molecule has 1 saturated heterocycles. The maximum atomic E-state index is 12.3. The number of amides is 1. The first-order valence-corrected chi connectivity index (χ1v) is 8.96. The normalized spacial score (nSPS) is 19.0. The summed E-state index contributed by atoms with van der Waals surface area (Å²) >= 11 is 1.43. The number of piperidine rings is 1. The first-order valence-electron chi connectivity index (χ1n) is 7.98. The van der Waals surface area contributed by atoms with Gasteiger partial charge in [-0.3, -0.25) is 9.59 Å². The Morgan fingerprint density at radius 2 is 1.91 bits per heavy atom. The van der Waals surface area contributed by atoms with Crippen molar-refractivity contribution in [3.8, 4) is 0 Å². The summed E-state index contributed by atoms with van der Waals surface area (Å²) in [6.07, 6.45) is 3.73. The van der Waals surface area contributed by atoms with Crippen LogP contribution in [0.25, 0.3) is 0 Å². The molecule has 0 radical (unpaired) electrons. The van der Waals surface area contributed by atoms with E-state index < -0.39 is 0 Å². The molecule has 1 aromatic heterocycles. The number of ether oxygens (including phenoxy) is 1. The fourth-order valence-electron chi connectivity index (χ4n) is 2.90. The van der Waals surface area contributed by atoms with Crippen molar-refractivity contribution in [1.29, 1.82) is 0 Å². The van der Waals surface area contributed by atoms with E-state index in [1.54, 1.807) is 0 Å². The topological polar surface area (TPSA) is 77.3 Å². The SMILES string of the molecule is COC(=O)C1CCN(C(=O)CSc2nnc(C3CC3)n2C)CC1. The highest BCUT2D eigenvalue weighted by atomic mass is 32.2. The Morgan fingerprint density at radius 1 is 1.22 bits per heavy atom. The highest BCUT2D eigenvalue weighted by Crippen LogP contribution is 2.39. The van der Waals surface area contributed by atoms with Gasteiger partial charge in [0.15, 0.2) is 5.16 Å². The molecule has 0 atom stereocenters. The molecule has 0 aromatic carbocycles. The van der Waals surface area contributed by atoms with Crippen LogP contribution in [0.2, 0.25) is 0 Å². The number of rotatable bonds is 5. The molecule has 0 unspecified atom stereocenters. The molecule has 7 nitrogen and oxygen atoms in total. The van der Waals surface area contributed by atoms with Gasteiger partial charge in [-0.1, -0.05) is 11.8 Å². The van der Waals surface area contributed by atoms with Crippen molar-refractivity contribution in [2.75, 3.05) is 26.0 Å². The maximum Gasteiger partial charge on any atom is 0.308 e. The molecule has 0 bridgehead atoms. The summed E-state index contributed by atoms with van der Waals surface area (Å²) in [5.41, 5.74) is 0. The van der Waals surface area contributed by atoms with Crippen LogP contribution in [0.1, 0.15) is 37.4 Å². The predicted octanol–water partition coefficient (Wildman–Crippen LogP) is 1.20. The van der Waals surface area contributed by atoms with E-state index in [1.807, 2.05) is 16.5 Å². The lowest BCUT2D eigenvalue weighted by molar-refractivity contribution is -0.148. The molecule has 1 aliphatic heterocycles. The summed E-state index contributed by atoms with van der Waals surface area (Å²) in [5, 5.41) is 9.20. The van der Waals surface area contributed by atoms with E-state index in [1.165, 1.54) is 31.7 Å². The molecule has 0 spiro atoms. The van der Waals surface area contributed by atoms with Crippen molar-refractivity contribution in [2.45, 2.75) is 36.8 Å². The molecular formula is C15H22N4O3S. The quantitative estimate of drug-likeness (QED) is 0.593. The third kappa shape index (κ3) is 3.68. The number of hydrogen-bond acceptors (Lipinski definition) is 6. The third-order valence-electron chi connectivity index (χ3n) is 4.52. The van der Waals surface area contributed by atoms with E-state index in [4.69, 9.17) is 4.74 Å². The number of aromatic nitrogens is 3. The Labute approximate surface area is 139 Å². The second-order valence-corrected chi connectivity index (χ2v) is 7.08. The Bertz CT molecular complexity index is 592. The molecule has 1 saturated carbocycles. The van der Waals surface area contributed by atoms with Crippen molar-refractivity contribution in [1.82, 2.24) is 19.7 Å². The first-order chi connectivity index (χ1) is 11.1. The van der Waals surface area contributed by atoms with E-state index in [9.17, 15) is 9.59 Å². The molecule has 2 aliphatic rings. The van der Waals surface area contributed by atoms with Gasteiger partial charge in [-0.25, -0.2) is 0 Å². The fraction of sp³-hybridized carbons (Fsp3) is 0.733. The Balaban J connectivity index is 1.47. The molecule has 0 N–H and O–H groups in total. The maximum absolute atomic E-state index is 12.3. The number of thioether (sulfide) groups is 1.